The molecule has 0 saturated carbocycles. The van der Waals surface area contributed by atoms with Crippen molar-refractivity contribution in [3.63, 3.8) is 0 Å². The highest BCUT2D eigenvalue weighted by atomic mass is 35.5. The Morgan fingerprint density at radius 1 is 1.21 bits per heavy atom. The van der Waals surface area contributed by atoms with Gasteiger partial charge in [-0.05, 0) is 30.7 Å². The average Bonchev–Trinajstić information content (AvgIpc) is 2.96. The quantitative estimate of drug-likeness (QED) is 0.926. The van der Waals surface area contributed by atoms with Crippen LogP contribution in [0.15, 0.2) is 48.5 Å². The van der Waals surface area contributed by atoms with Crippen LogP contribution in [0.25, 0.3) is 0 Å². The third-order valence-electron chi connectivity index (χ3n) is 4.25. The number of aryl methyl sites for hydroxylation is 1. The summed E-state index contributed by atoms with van der Waals surface area (Å²) in [6.45, 7) is 2.78. The lowest BCUT2D eigenvalue weighted by Gasteiger charge is -2.17. The molecule has 1 atom stereocenters. The van der Waals surface area contributed by atoms with Crippen molar-refractivity contribution in [2.75, 3.05) is 11.4 Å². The van der Waals surface area contributed by atoms with E-state index in [0.717, 1.165) is 16.8 Å². The minimum Gasteiger partial charge on any atom is -0.352 e. The first-order valence-electron chi connectivity index (χ1n) is 7.93. The zero-order valence-corrected chi connectivity index (χ0v) is 14.2. The molecule has 1 aliphatic rings. The highest BCUT2D eigenvalue weighted by Crippen LogP contribution is 2.25. The van der Waals surface area contributed by atoms with Crippen molar-refractivity contribution in [1.29, 1.82) is 0 Å². The van der Waals surface area contributed by atoms with Crippen molar-refractivity contribution in [1.82, 2.24) is 5.32 Å². The monoisotopic (exact) mass is 342 g/mol. The molecular formula is C19H19ClN2O2. The van der Waals surface area contributed by atoms with E-state index in [0.29, 0.717) is 18.1 Å². The second-order valence-electron chi connectivity index (χ2n) is 6.05. The minimum atomic E-state index is -0.332. The van der Waals surface area contributed by atoms with Gasteiger partial charge in [0, 0.05) is 30.2 Å². The molecular weight excluding hydrogens is 324 g/mol. The van der Waals surface area contributed by atoms with Crippen molar-refractivity contribution < 1.29 is 9.59 Å². The number of benzene rings is 2. The first-order valence-corrected chi connectivity index (χ1v) is 8.30. The third-order valence-corrected chi connectivity index (χ3v) is 4.62. The Morgan fingerprint density at radius 3 is 2.62 bits per heavy atom. The summed E-state index contributed by atoms with van der Waals surface area (Å²) in [4.78, 5) is 26.3. The Kier molecular flexibility index (Phi) is 4.86. The molecule has 5 heteroatoms. The molecule has 24 heavy (non-hydrogen) atoms. The maximum absolute atomic E-state index is 12.4. The molecule has 2 aromatic rings. The summed E-state index contributed by atoms with van der Waals surface area (Å²) in [6, 6.07) is 15.2. The fourth-order valence-corrected chi connectivity index (χ4v) is 3.03. The highest BCUT2D eigenvalue weighted by molar-refractivity contribution is 6.31. The van der Waals surface area contributed by atoms with Crippen LogP contribution < -0.4 is 10.2 Å². The zero-order valence-electron chi connectivity index (χ0n) is 13.5. The Bertz CT molecular complexity index is 758. The Balaban J connectivity index is 1.62. The van der Waals surface area contributed by atoms with E-state index in [-0.39, 0.29) is 24.2 Å². The number of amides is 2. The van der Waals surface area contributed by atoms with Gasteiger partial charge in [-0.25, -0.2) is 0 Å². The summed E-state index contributed by atoms with van der Waals surface area (Å²) >= 11 is 6.09. The van der Waals surface area contributed by atoms with E-state index >= 15 is 0 Å². The van der Waals surface area contributed by atoms with E-state index in [1.807, 2.05) is 49.4 Å². The molecule has 1 heterocycles. The first-order chi connectivity index (χ1) is 11.5. The molecule has 1 saturated heterocycles. The number of hydrogen-bond donors (Lipinski definition) is 1. The van der Waals surface area contributed by atoms with E-state index in [4.69, 9.17) is 11.6 Å². The van der Waals surface area contributed by atoms with Crippen molar-refractivity contribution in [2.24, 2.45) is 5.92 Å². The maximum atomic E-state index is 12.4. The standard InChI is InChI=1S/C19H19ClN2O2/c1-13-6-8-16(9-7-13)22-12-15(10-18(22)23)19(24)21-11-14-4-2-3-5-17(14)20/h2-9,15H,10-12H2,1H3,(H,21,24). The SMILES string of the molecule is Cc1ccc(N2CC(C(=O)NCc3ccccc3Cl)CC2=O)cc1. The predicted octanol–water partition coefficient (Wildman–Crippen LogP) is 3.32. The molecule has 1 fully saturated rings. The van der Waals surface area contributed by atoms with Gasteiger partial charge in [0.15, 0.2) is 0 Å². The molecule has 3 rings (SSSR count). The molecule has 0 spiro atoms. The summed E-state index contributed by atoms with van der Waals surface area (Å²) in [7, 11) is 0. The van der Waals surface area contributed by atoms with Crippen molar-refractivity contribution in [2.45, 2.75) is 19.9 Å². The van der Waals surface area contributed by atoms with Gasteiger partial charge in [-0.3, -0.25) is 9.59 Å². The molecule has 2 aromatic carbocycles. The molecule has 0 aromatic heterocycles. The van der Waals surface area contributed by atoms with E-state index < -0.39 is 0 Å². The molecule has 2 amide bonds. The highest BCUT2D eigenvalue weighted by Gasteiger charge is 2.34. The number of carbonyl (C=O) groups is 2. The van der Waals surface area contributed by atoms with E-state index in [1.54, 1.807) is 11.0 Å². The van der Waals surface area contributed by atoms with Gasteiger partial charge in [0.2, 0.25) is 11.8 Å². The van der Waals surface area contributed by atoms with Crippen molar-refractivity contribution in [3.05, 3.63) is 64.7 Å². The second-order valence-corrected chi connectivity index (χ2v) is 6.46. The van der Waals surface area contributed by atoms with E-state index in [1.165, 1.54) is 0 Å². The van der Waals surface area contributed by atoms with Crippen LogP contribution >= 0.6 is 11.6 Å². The number of rotatable bonds is 4. The maximum Gasteiger partial charge on any atom is 0.227 e. The number of anilines is 1. The summed E-state index contributed by atoms with van der Waals surface area (Å²) in [6.07, 6.45) is 0.238. The second kappa shape index (κ2) is 7.05. The van der Waals surface area contributed by atoms with Gasteiger partial charge in [0.05, 0.1) is 5.92 Å². The first kappa shape index (κ1) is 16.5. The summed E-state index contributed by atoms with van der Waals surface area (Å²) < 4.78 is 0. The Morgan fingerprint density at radius 2 is 1.92 bits per heavy atom. The smallest absolute Gasteiger partial charge is 0.227 e. The molecule has 1 aliphatic heterocycles. The lowest BCUT2D eigenvalue weighted by Crippen LogP contribution is -2.32. The largest absolute Gasteiger partial charge is 0.352 e. The normalized spacial score (nSPS) is 17.2. The van der Waals surface area contributed by atoms with Gasteiger partial charge in [-0.2, -0.15) is 0 Å². The molecule has 0 bridgehead atoms. The van der Waals surface area contributed by atoms with Crippen LogP contribution in [-0.4, -0.2) is 18.4 Å². The molecule has 1 N–H and O–H groups in total. The topological polar surface area (TPSA) is 49.4 Å². The minimum absolute atomic E-state index is 0.0169. The van der Waals surface area contributed by atoms with E-state index in [2.05, 4.69) is 5.32 Å². The van der Waals surface area contributed by atoms with Gasteiger partial charge >= 0.3 is 0 Å². The third kappa shape index (κ3) is 3.60. The van der Waals surface area contributed by atoms with Crippen LogP contribution in [0.2, 0.25) is 5.02 Å². The molecule has 1 unspecified atom stereocenters. The summed E-state index contributed by atoms with van der Waals surface area (Å²) in [5.41, 5.74) is 2.85. The number of nitrogens with one attached hydrogen (secondary N) is 1. The Hall–Kier alpha value is -2.33. The zero-order chi connectivity index (χ0) is 17.1. The van der Waals surface area contributed by atoms with Crippen LogP contribution in [0.1, 0.15) is 17.5 Å². The van der Waals surface area contributed by atoms with Crippen LogP contribution in [0, 0.1) is 12.8 Å². The van der Waals surface area contributed by atoms with Gasteiger partial charge in [-0.15, -0.1) is 0 Å². The van der Waals surface area contributed by atoms with E-state index in [9.17, 15) is 9.59 Å². The van der Waals surface area contributed by atoms with Crippen LogP contribution in [0.5, 0.6) is 0 Å². The fraction of sp³-hybridized carbons (Fsp3) is 0.263. The van der Waals surface area contributed by atoms with Crippen LogP contribution in [0.4, 0.5) is 5.69 Å². The number of hydrogen-bond acceptors (Lipinski definition) is 2. The van der Waals surface area contributed by atoms with Crippen LogP contribution in [0.3, 0.4) is 0 Å². The van der Waals surface area contributed by atoms with Gasteiger partial charge in [0.25, 0.3) is 0 Å². The predicted molar refractivity (Wildman–Crippen MR) is 94.9 cm³/mol. The molecule has 0 aliphatic carbocycles. The van der Waals surface area contributed by atoms with Crippen molar-refractivity contribution >= 4 is 29.1 Å². The fourth-order valence-electron chi connectivity index (χ4n) is 2.83. The van der Waals surface area contributed by atoms with Crippen LogP contribution in [-0.2, 0) is 16.1 Å². The van der Waals surface area contributed by atoms with Gasteiger partial charge in [0.1, 0.15) is 0 Å². The average molecular weight is 343 g/mol. The molecule has 124 valence electrons. The lowest BCUT2D eigenvalue weighted by atomic mass is 10.1. The summed E-state index contributed by atoms with van der Waals surface area (Å²) in [5.74, 6) is -0.462. The molecule has 4 nitrogen and oxygen atoms in total. The van der Waals surface area contributed by atoms with Gasteiger partial charge < -0.3 is 10.2 Å². The lowest BCUT2D eigenvalue weighted by molar-refractivity contribution is -0.126. The molecule has 0 radical (unpaired) electrons. The van der Waals surface area contributed by atoms with Crippen molar-refractivity contribution in [3.8, 4) is 0 Å². The number of nitrogens with zero attached hydrogens (tertiary/aromatic N) is 1. The number of carbonyl (C=O) groups excluding carboxylic acids is 2. The summed E-state index contributed by atoms with van der Waals surface area (Å²) in [5, 5.41) is 3.51. The Labute approximate surface area is 146 Å². The number of halogens is 1. The van der Waals surface area contributed by atoms with Gasteiger partial charge in [-0.1, -0.05) is 47.5 Å².